The fraction of sp³-hybridized carbons (Fsp3) is 0.500. The quantitative estimate of drug-likeness (QED) is 0.480. The van der Waals surface area contributed by atoms with Gasteiger partial charge in [0, 0.05) is 36.6 Å². The van der Waals surface area contributed by atoms with Gasteiger partial charge < -0.3 is 5.32 Å². The number of benzene rings is 1. The zero-order valence-electron chi connectivity index (χ0n) is 18.6. The van der Waals surface area contributed by atoms with Gasteiger partial charge in [-0.05, 0) is 42.4 Å². The first-order valence-corrected chi connectivity index (χ1v) is 14.0. The van der Waals surface area contributed by atoms with E-state index in [9.17, 15) is 19.2 Å². The number of amides is 1. The highest BCUT2D eigenvalue weighted by atomic mass is 32.3. The summed E-state index contributed by atoms with van der Waals surface area (Å²) in [6.07, 6.45) is 7.78. The van der Waals surface area contributed by atoms with Crippen LogP contribution < -0.4 is 10.0 Å². The standard InChI is InChI=1S/C24H30N4O3S2/c25-12-19-20-15-28(14-16-4-2-1-3-5-16)9-8-21(20)32-24(19)27-23(29)11-17-6-7-22-18(10-17)13-26-33(22,30)31/h6-7,10,16,26,30-31H,1-5,8-9,11,13-15H2,(H,27,29). The summed E-state index contributed by atoms with van der Waals surface area (Å²) >= 11 is 1.54. The minimum absolute atomic E-state index is 0.165. The van der Waals surface area contributed by atoms with Gasteiger partial charge in [-0.3, -0.25) is 18.8 Å². The summed E-state index contributed by atoms with van der Waals surface area (Å²) in [4.78, 5) is 17.0. The van der Waals surface area contributed by atoms with Crippen molar-refractivity contribution in [1.29, 1.82) is 5.26 Å². The third-order valence-electron chi connectivity index (χ3n) is 6.99. The Morgan fingerprint density at radius 3 is 2.91 bits per heavy atom. The smallest absolute Gasteiger partial charge is 0.229 e. The Labute approximate surface area is 200 Å². The van der Waals surface area contributed by atoms with Gasteiger partial charge in [0.05, 0.1) is 16.9 Å². The minimum Gasteiger partial charge on any atom is -0.316 e. The molecule has 0 bridgehead atoms. The summed E-state index contributed by atoms with van der Waals surface area (Å²) in [7, 11) is -2.91. The fourth-order valence-electron chi connectivity index (χ4n) is 5.31. The van der Waals surface area contributed by atoms with Gasteiger partial charge in [0.25, 0.3) is 0 Å². The molecule has 0 saturated heterocycles. The predicted molar refractivity (Wildman–Crippen MR) is 131 cm³/mol. The number of fused-ring (bicyclic) bond motifs is 2. The largest absolute Gasteiger partial charge is 0.316 e. The third-order valence-corrected chi connectivity index (χ3v) is 9.76. The van der Waals surface area contributed by atoms with Crippen molar-refractivity contribution < 1.29 is 13.9 Å². The minimum atomic E-state index is -2.91. The van der Waals surface area contributed by atoms with Crippen molar-refractivity contribution in [2.24, 2.45) is 5.92 Å². The number of anilines is 1. The molecule has 7 nitrogen and oxygen atoms in total. The zero-order valence-corrected chi connectivity index (χ0v) is 20.2. The summed E-state index contributed by atoms with van der Waals surface area (Å²) in [6.45, 7) is 3.30. The number of hydrogen-bond acceptors (Lipinski definition) is 7. The maximum atomic E-state index is 12.8. The van der Waals surface area contributed by atoms with E-state index in [-0.39, 0.29) is 12.3 Å². The number of nitriles is 1. The van der Waals surface area contributed by atoms with Crippen molar-refractivity contribution in [2.45, 2.75) is 62.9 Å². The Bertz CT molecular complexity index is 1100. The topological polar surface area (TPSA) is 109 Å². The van der Waals surface area contributed by atoms with Gasteiger partial charge in [-0.15, -0.1) is 22.1 Å². The van der Waals surface area contributed by atoms with E-state index in [0.717, 1.165) is 48.7 Å². The number of rotatable bonds is 5. The summed E-state index contributed by atoms with van der Waals surface area (Å²) in [5, 5.41) is 13.5. The summed E-state index contributed by atoms with van der Waals surface area (Å²) in [5.41, 5.74) is 3.32. The van der Waals surface area contributed by atoms with Crippen LogP contribution in [0, 0.1) is 17.2 Å². The van der Waals surface area contributed by atoms with Gasteiger partial charge in [-0.2, -0.15) is 5.26 Å². The highest BCUT2D eigenvalue weighted by Crippen LogP contribution is 2.50. The van der Waals surface area contributed by atoms with Crippen molar-refractivity contribution in [2.75, 3.05) is 18.4 Å². The Balaban J connectivity index is 1.25. The van der Waals surface area contributed by atoms with Gasteiger partial charge in [0.15, 0.2) is 0 Å². The first-order chi connectivity index (χ1) is 15.9. The Morgan fingerprint density at radius 1 is 1.30 bits per heavy atom. The van der Waals surface area contributed by atoms with E-state index >= 15 is 0 Å². The normalized spacial score (nSPS) is 21.1. The number of nitrogens with zero attached hydrogens (tertiary/aromatic N) is 2. The second kappa shape index (κ2) is 9.37. The zero-order chi connectivity index (χ0) is 23.0. The third kappa shape index (κ3) is 4.83. The lowest BCUT2D eigenvalue weighted by Crippen LogP contribution is -2.34. The Hall–Kier alpha value is -1.93. The number of carbonyl (C=O) groups excluding carboxylic acids is 1. The second-order valence-electron chi connectivity index (χ2n) is 9.35. The highest BCUT2D eigenvalue weighted by molar-refractivity contribution is 8.22. The Kier molecular flexibility index (Phi) is 6.49. The van der Waals surface area contributed by atoms with Crippen molar-refractivity contribution in [3.63, 3.8) is 0 Å². The molecule has 0 atom stereocenters. The van der Waals surface area contributed by atoms with Crippen LogP contribution in [-0.4, -0.2) is 33.0 Å². The molecule has 1 fully saturated rings. The summed E-state index contributed by atoms with van der Waals surface area (Å²) in [5.74, 6) is 0.608. The van der Waals surface area contributed by atoms with Crippen molar-refractivity contribution in [3.8, 4) is 6.07 Å². The molecule has 9 heteroatoms. The van der Waals surface area contributed by atoms with Crippen LogP contribution in [-0.2, 0) is 30.7 Å². The molecule has 4 N–H and O–H groups in total. The molecule has 0 spiro atoms. The summed E-state index contributed by atoms with van der Waals surface area (Å²) in [6, 6.07) is 7.63. The number of thiophene rings is 1. The van der Waals surface area contributed by atoms with Crippen LogP contribution in [0.4, 0.5) is 5.00 Å². The number of nitrogens with one attached hydrogen (secondary N) is 2. The van der Waals surface area contributed by atoms with E-state index in [2.05, 4.69) is 21.0 Å². The predicted octanol–water partition coefficient (Wildman–Crippen LogP) is 4.87. The van der Waals surface area contributed by atoms with Crippen LogP contribution >= 0.6 is 22.1 Å². The molecule has 2 aliphatic heterocycles. The van der Waals surface area contributed by atoms with E-state index in [1.165, 1.54) is 48.3 Å². The molecular formula is C24H30N4O3S2. The molecule has 1 saturated carbocycles. The van der Waals surface area contributed by atoms with E-state index in [1.807, 2.05) is 6.07 Å². The molecule has 1 aromatic carbocycles. The van der Waals surface area contributed by atoms with Crippen LogP contribution in [0.1, 0.15) is 59.2 Å². The van der Waals surface area contributed by atoms with Crippen LogP contribution in [0.5, 0.6) is 0 Å². The van der Waals surface area contributed by atoms with Crippen molar-refractivity contribution in [3.05, 3.63) is 45.3 Å². The van der Waals surface area contributed by atoms with Crippen LogP contribution in [0.25, 0.3) is 0 Å². The average Bonchev–Trinajstić information content (AvgIpc) is 3.29. The lowest BCUT2D eigenvalue weighted by Gasteiger charge is -2.32. The fourth-order valence-corrected chi connectivity index (χ4v) is 7.74. The van der Waals surface area contributed by atoms with Crippen LogP contribution in [0.2, 0.25) is 0 Å². The Morgan fingerprint density at radius 2 is 2.12 bits per heavy atom. The van der Waals surface area contributed by atoms with Crippen LogP contribution in [0.15, 0.2) is 23.1 Å². The first-order valence-electron chi connectivity index (χ1n) is 11.6. The lowest BCUT2D eigenvalue weighted by atomic mass is 9.88. The molecule has 33 heavy (non-hydrogen) atoms. The lowest BCUT2D eigenvalue weighted by molar-refractivity contribution is -0.115. The number of carbonyl (C=O) groups is 1. The van der Waals surface area contributed by atoms with Gasteiger partial charge >= 0.3 is 0 Å². The summed E-state index contributed by atoms with van der Waals surface area (Å²) < 4.78 is 22.7. The van der Waals surface area contributed by atoms with Crippen molar-refractivity contribution in [1.82, 2.24) is 9.62 Å². The molecule has 5 rings (SSSR count). The molecule has 1 aromatic heterocycles. The maximum Gasteiger partial charge on any atom is 0.229 e. The molecule has 2 aromatic rings. The second-order valence-corrected chi connectivity index (χ2v) is 12.3. The van der Waals surface area contributed by atoms with E-state index in [0.29, 0.717) is 22.0 Å². The molecule has 0 radical (unpaired) electrons. The van der Waals surface area contributed by atoms with Gasteiger partial charge in [0.1, 0.15) is 11.1 Å². The average molecular weight is 487 g/mol. The molecule has 1 amide bonds. The molecule has 3 heterocycles. The van der Waals surface area contributed by atoms with Gasteiger partial charge in [-0.25, -0.2) is 4.72 Å². The van der Waals surface area contributed by atoms with Gasteiger partial charge in [-0.1, -0.05) is 31.4 Å². The SMILES string of the molecule is N#Cc1c(NC(=O)Cc2ccc3c(c2)CNS3(O)O)sc2c1CN(CC1CCCCC1)CC2. The molecular weight excluding hydrogens is 456 g/mol. The molecule has 0 unspecified atom stereocenters. The molecule has 1 aliphatic carbocycles. The maximum absolute atomic E-state index is 12.8. The molecule has 176 valence electrons. The monoisotopic (exact) mass is 486 g/mol. The molecule has 3 aliphatic rings. The highest BCUT2D eigenvalue weighted by Gasteiger charge is 2.28. The van der Waals surface area contributed by atoms with E-state index < -0.39 is 10.8 Å². The van der Waals surface area contributed by atoms with Crippen molar-refractivity contribution >= 4 is 33.0 Å². The van der Waals surface area contributed by atoms with Crippen LogP contribution in [0.3, 0.4) is 0 Å². The van der Waals surface area contributed by atoms with E-state index in [1.54, 1.807) is 12.1 Å². The first kappa shape index (κ1) is 22.8. The van der Waals surface area contributed by atoms with Gasteiger partial charge in [0.2, 0.25) is 5.91 Å². The number of hydrogen-bond donors (Lipinski definition) is 4. The van der Waals surface area contributed by atoms with E-state index in [4.69, 9.17) is 0 Å².